The van der Waals surface area contributed by atoms with Gasteiger partial charge in [-0.1, -0.05) is 6.42 Å². The largest absolute Gasteiger partial charge is 0.311 e. The maximum Gasteiger partial charge on any atom is 0.00967 e. The van der Waals surface area contributed by atoms with Gasteiger partial charge in [0.1, 0.15) is 0 Å². The third kappa shape index (κ3) is 2.90. The van der Waals surface area contributed by atoms with Gasteiger partial charge in [-0.25, -0.2) is 0 Å². The second-order valence-corrected chi connectivity index (χ2v) is 8.63. The van der Waals surface area contributed by atoms with Crippen LogP contribution in [0.15, 0.2) is 16.8 Å². The van der Waals surface area contributed by atoms with E-state index >= 15 is 0 Å². The number of hydrogen-bond donors (Lipinski definition) is 1. The van der Waals surface area contributed by atoms with Crippen molar-refractivity contribution in [3.05, 3.63) is 22.4 Å². The molecule has 19 heavy (non-hydrogen) atoms. The Morgan fingerprint density at radius 1 is 1.37 bits per heavy atom. The molecular formula is C17H27NS. The molecule has 0 amide bonds. The van der Waals surface area contributed by atoms with Crippen molar-refractivity contribution in [2.45, 2.75) is 58.4 Å². The van der Waals surface area contributed by atoms with E-state index in [2.05, 4.69) is 42.9 Å². The summed E-state index contributed by atoms with van der Waals surface area (Å²) in [5, 5.41) is 8.39. The van der Waals surface area contributed by atoms with E-state index in [1.807, 2.05) is 11.3 Å². The predicted molar refractivity (Wildman–Crippen MR) is 83.7 cm³/mol. The van der Waals surface area contributed by atoms with E-state index < -0.39 is 0 Å². The number of thiophene rings is 1. The fourth-order valence-corrected chi connectivity index (χ4v) is 4.96. The Labute approximate surface area is 121 Å². The molecule has 2 fully saturated rings. The van der Waals surface area contributed by atoms with Gasteiger partial charge in [-0.15, -0.1) is 0 Å². The lowest BCUT2D eigenvalue weighted by molar-refractivity contribution is 0.143. The van der Waals surface area contributed by atoms with Gasteiger partial charge in [0.15, 0.2) is 0 Å². The molecule has 0 saturated heterocycles. The van der Waals surface area contributed by atoms with Crippen molar-refractivity contribution >= 4 is 11.3 Å². The monoisotopic (exact) mass is 277 g/mol. The number of rotatable bonds is 4. The minimum atomic E-state index is 0.240. The lowest BCUT2D eigenvalue weighted by atomic mass is 9.69. The highest BCUT2D eigenvalue weighted by atomic mass is 32.1. The number of fused-ring (bicyclic) bond motifs is 2. The standard InChI is InChI=1S/C17H27NS/c1-16(2,3)18-12-17(10-14-6-7-19-11-14)9-13-4-5-15(17)8-13/h6-7,11,13,15,18H,4-5,8-10,12H2,1-3H3. The average molecular weight is 277 g/mol. The summed E-state index contributed by atoms with van der Waals surface area (Å²) in [6, 6.07) is 2.33. The van der Waals surface area contributed by atoms with E-state index in [1.165, 1.54) is 38.6 Å². The quantitative estimate of drug-likeness (QED) is 0.855. The van der Waals surface area contributed by atoms with Crippen LogP contribution in [0, 0.1) is 17.3 Å². The Bertz CT molecular complexity index is 417. The van der Waals surface area contributed by atoms with Crippen LogP contribution in [0.2, 0.25) is 0 Å². The van der Waals surface area contributed by atoms with E-state index in [1.54, 1.807) is 5.56 Å². The molecule has 2 bridgehead atoms. The maximum atomic E-state index is 3.81. The SMILES string of the molecule is CC(C)(C)NCC1(Cc2ccsc2)CC2CCC1C2. The van der Waals surface area contributed by atoms with Crippen molar-refractivity contribution in [3.8, 4) is 0 Å². The van der Waals surface area contributed by atoms with Crippen molar-refractivity contribution in [3.63, 3.8) is 0 Å². The van der Waals surface area contributed by atoms with Crippen molar-refractivity contribution in [1.29, 1.82) is 0 Å². The van der Waals surface area contributed by atoms with Crippen LogP contribution in [0.4, 0.5) is 0 Å². The molecule has 1 heterocycles. The van der Waals surface area contributed by atoms with Crippen LogP contribution in [0.3, 0.4) is 0 Å². The molecule has 3 unspecified atom stereocenters. The molecule has 1 aromatic heterocycles. The van der Waals surface area contributed by atoms with Crippen LogP contribution in [-0.4, -0.2) is 12.1 Å². The van der Waals surface area contributed by atoms with Crippen molar-refractivity contribution in [1.82, 2.24) is 5.32 Å². The Morgan fingerprint density at radius 2 is 2.21 bits per heavy atom. The zero-order valence-corrected chi connectivity index (χ0v) is 13.4. The van der Waals surface area contributed by atoms with Gasteiger partial charge in [0.2, 0.25) is 0 Å². The van der Waals surface area contributed by atoms with Crippen molar-refractivity contribution in [2.75, 3.05) is 6.54 Å². The highest BCUT2D eigenvalue weighted by Crippen LogP contribution is 2.57. The molecule has 106 valence electrons. The highest BCUT2D eigenvalue weighted by Gasteiger charge is 2.50. The van der Waals surface area contributed by atoms with Gasteiger partial charge in [0.05, 0.1) is 0 Å². The van der Waals surface area contributed by atoms with Crippen LogP contribution in [-0.2, 0) is 6.42 Å². The summed E-state index contributed by atoms with van der Waals surface area (Å²) in [6.07, 6.45) is 7.21. The summed E-state index contributed by atoms with van der Waals surface area (Å²) in [5.74, 6) is 1.98. The van der Waals surface area contributed by atoms with E-state index in [-0.39, 0.29) is 5.54 Å². The van der Waals surface area contributed by atoms with Crippen LogP contribution in [0.1, 0.15) is 52.0 Å². The zero-order chi connectivity index (χ0) is 13.5. The molecule has 2 aliphatic carbocycles. The first kappa shape index (κ1) is 13.6. The summed E-state index contributed by atoms with van der Waals surface area (Å²) in [7, 11) is 0. The third-order valence-corrected chi connectivity index (χ3v) is 5.94. The molecule has 0 aliphatic heterocycles. The lowest BCUT2D eigenvalue weighted by Gasteiger charge is -2.40. The van der Waals surface area contributed by atoms with Gasteiger partial charge >= 0.3 is 0 Å². The Morgan fingerprint density at radius 3 is 2.74 bits per heavy atom. The molecule has 2 heteroatoms. The average Bonchev–Trinajstić information content (AvgIpc) is 3.01. The normalized spacial score (nSPS) is 34.1. The van der Waals surface area contributed by atoms with Gasteiger partial charge in [-0.3, -0.25) is 0 Å². The van der Waals surface area contributed by atoms with E-state index in [9.17, 15) is 0 Å². The van der Waals surface area contributed by atoms with Crippen molar-refractivity contribution < 1.29 is 0 Å². The van der Waals surface area contributed by atoms with Gasteiger partial charge in [-0.2, -0.15) is 11.3 Å². The van der Waals surface area contributed by atoms with Gasteiger partial charge in [0, 0.05) is 12.1 Å². The van der Waals surface area contributed by atoms with Gasteiger partial charge in [0.25, 0.3) is 0 Å². The van der Waals surface area contributed by atoms with E-state index in [0.29, 0.717) is 5.41 Å². The first-order valence-electron chi connectivity index (χ1n) is 7.73. The fourth-order valence-electron chi connectivity index (χ4n) is 4.29. The molecule has 1 N–H and O–H groups in total. The summed E-state index contributed by atoms with van der Waals surface area (Å²) in [6.45, 7) is 8.07. The molecule has 1 aromatic rings. The maximum absolute atomic E-state index is 3.81. The van der Waals surface area contributed by atoms with Gasteiger partial charge in [-0.05, 0) is 86.1 Å². The summed E-state index contributed by atoms with van der Waals surface area (Å²) in [5.41, 5.74) is 2.34. The van der Waals surface area contributed by atoms with Crippen LogP contribution >= 0.6 is 11.3 Å². The summed E-state index contributed by atoms with van der Waals surface area (Å²) in [4.78, 5) is 0. The molecule has 0 aromatic carbocycles. The molecule has 2 aliphatic rings. The molecule has 1 nitrogen and oxygen atoms in total. The second-order valence-electron chi connectivity index (χ2n) is 7.85. The van der Waals surface area contributed by atoms with Crippen LogP contribution < -0.4 is 5.32 Å². The summed E-state index contributed by atoms with van der Waals surface area (Å²) >= 11 is 1.84. The van der Waals surface area contributed by atoms with E-state index in [4.69, 9.17) is 0 Å². The Hall–Kier alpha value is -0.340. The molecule has 3 atom stereocenters. The highest BCUT2D eigenvalue weighted by molar-refractivity contribution is 7.07. The Balaban J connectivity index is 1.76. The Kier molecular flexibility index (Phi) is 3.51. The minimum Gasteiger partial charge on any atom is -0.311 e. The number of hydrogen-bond acceptors (Lipinski definition) is 2. The molecule has 3 rings (SSSR count). The minimum absolute atomic E-state index is 0.240. The lowest BCUT2D eigenvalue weighted by Crippen LogP contribution is -2.47. The first-order chi connectivity index (χ1) is 8.97. The molecular weight excluding hydrogens is 250 g/mol. The predicted octanol–water partition coefficient (Wildman–Crippen LogP) is 4.49. The zero-order valence-electron chi connectivity index (χ0n) is 12.5. The van der Waals surface area contributed by atoms with Crippen LogP contribution in [0.5, 0.6) is 0 Å². The topological polar surface area (TPSA) is 12.0 Å². The first-order valence-corrected chi connectivity index (χ1v) is 8.67. The third-order valence-electron chi connectivity index (χ3n) is 5.21. The van der Waals surface area contributed by atoms with Gasteiger partial charge < -0.3 is 5.32 Å². The fraction of sp³-hybridized carbons (Fsp3) is 0.765. The molecule has 0 spiro atoms. The molecule has 0 radical (unpaired) electrons. The smallest absolute Gasteiger partial charge is 0.00967 e. The van der Waals surface area contributed by atoms with Crippen molar-refractivity contribution in [2.24, 2.45) is 17.3 Å². The van der Waals surface area contributed by atoms with Crippen LogP contribution in [0.25, 0.3) is 0 Å². The summed E-state index contributed by atoms with van der Waals surface area (Å²) < 4.78 is 0. The number of nitrogens with one attached hydrogen (secondary N) is 1. The second kappa shape index (κ2) is 4.89. The molecule has 2 saturated carbocycles. The van der Waals surface area contributed by atoms with E-state index in [0.717, 1.165) is 11.8 Å².